The zero-order valence-corrected chi connectivity index (χ0v) is 17.4. The van der Waals surface area contributed by atoms with E-state index in [2.05, 4.69) is 5.32 Å². The Morgan fingerprint density at radius 1 is 1.00 bits per heavy atom. The van der Waals surface area contributed by atoms with Crippen molar-refractivity contribution in [1.82, 2.24) is 0 Å². The number of methoxy groups -OCH3 is 3. The van der Waals surface area contributed by atoms with Crippen LogP contribution in [-0.4, -0.2) is 44.1 Å². The van der Waals surface area contributed by atoms with Crippen molar-refractivity contribution in [2.24, 2.45) is 0 Å². The van der Waals surface area contributed by atoms with Crippen LogP contribution in [0.2, 0.25) is 0 Å². The molecule has 1 amide bonds. The zero-order valence-electron chi connectivity index (χ0n) is 16.5. The van der Waals surface area contributed by atoms with E-state index < -0.39 is 17.7 Å². The van der Waals surface area contributed by atoms with Crippen LogP contribution in [0.5, 0.6) is 17.2 Å². The molecule has 1 aromatic heterocycles. The topological polar surface area (TPSA) is 103 Å². The van der Waals surface area contributed by atoms with Gasteiger partial charge in [-0.1, -0.05) is 0 Å². The molecular formula is C19H23NO7S. The minimum Gasteiger partial charge on any atom is -0.493 e. The summed E-state index contributed by atoms with van der Waals surface area (Å²) in [6.45, 7) is 5.17. The highest BCUT2D eigenvalue weighted by atomic mass is 32.1. The predicted molar refractivity (Wildman–Crippen MR) is 106 cm³/mol. The highest BCUT2D eigenvalue weighted by Crippen LogP contribution is 2.44. The van der Waals surface area contributed by atoms with Crippen LogP contribution in [0, 0.1) is 0 Å². The van der Waals surface area contributed by atoms with Crippen molar-refractivity contribution in [3.63, 3.8) is 0 Å². The Morgan fingerprint density at radius 3 is 2.00 bits per heavy atom. The minimum absolute atomic E-state index is 0.0189. The lowest BCUT2D eigenvalue weighted by molar-refractivity contribution is 0.0636. The molecule has 2 N–H and O–H groups in total. The Kier molecular flexibility index (Phi) is 6.40. The first-order valence-electron chi connectivity index (χ1n) is 8.27. The van der Waals surface area contributed by atoms with Crippen LogP contribution < -0.4 is 19.5 Å². The van der Waals surface area contributed by atoms with Crippen LogP contribution >= 0.6 is 11.3 Å². The maximum atomic E-state index is 12.1. The van der Waals surface area contributed by atoms with Gasteiger partial charge in [0.1, 0.15) is 10.5 Å². The fourth-order valence-electron chi connectivity index (χ4n) is 2.42. The van der Waals surface area contributed by atoms with Gasteiger partial charge in [0.2, 0.25) is 5.75 Å². The molecule has 0 saturated carbocycles. The van der Waals surface area contributed by atoms with E-state index in [-0.39, 0.29) is 10.6 Å². The highest BCUT2D eigenvalue weighted by Gasteiger charge is 2.23. The first-order valence-corrected chi connectivity index (χ1v) is 9.08. The minimum atomic E-state index is -1.16. The third-order valence-corrected chi connectivity index (χ3v) is 4.68. The summed E-state index contributed by atoms with van der Waals surface area (Å²) >= 11 is 1.01. The quantitative estimate of drug-likeness (QED) is 0.725. The summed E-state index contributed by atoms with van der Waals surface area (Å²) in [5.41, 5.74) is 0.0954. The molecule has 9 heteroatoms. The third-order valence-electron chi connectivity index (χ3n) is 3.51. The highest BCUT2D eigenvalue weighted by molar-refractivity contribution is 7.18. The summed E-state index contributed by atoms with van der Waals surface area (Å²) in [6.07, 6.45) is -0.732. The van der Waals surface area contributed by atoms with E-state index in [4.69, 9.17) is 18.9 Å². The molecule has 0 unspecified atom stereocenters. The molecule has 0 spiro atoms. The molecule has 0 fully saturated rings. The molecular weight excluding hydrogens is 386 g/mol. The fraction of sp³-hybridized carbons (Fsp3) is 0.368. The lowest BCUT2D eigenvalue weighted by Gasteiger charge is -2.19. The first kappa shape index (κ1) is 21.4. The van der Waals surface area contributed by atoms with Crippen molar-refractivity contribution >= 4 is 29.1 Å². The molecule has 0 aliphatic rings. The molecule has 8 nitrogen and oxygen atoms in total. The van der Waals surface area contributed by atoms with Crippen molar-refractivity contribution < 1.29 is 33.6 Å². The molecule has 2 rings (SSSR count). The number of carbonyl (C=O) groups is 2. The Bertz CT molecular complexity index is 858. The lowest BCUT2D eigenvalue weighted by Crippen LogP contribution is -2.27. The number of anilines is 1. The van der Waals surface area contributed by atoms with Crippen molar-refractivity contribution in [3.8, 4) is 27.7 Å². The molecule has 0 saturated heterocycles. The van der Waals surface area contributed by atoms with Gasteiger partial charge in [0.25, 0.3) is 0 Å². The second-order valence-corrected chi connectivity index (χ2v) is 7.75. The SMILES string of the molecule is COc1cc(-c2cc(NC(=O)OC(C)(C)C)c(C(=O)O)s2)cc(OC)c1OC. The Morgan fingerprint density at radius 2 is 1.57 bits per heavy atom. The van der Waals surface area contributed by atoms with E-state index in [1.165, 1.54) is 21.3 Å². The fourth-order valence-corrected chi connectivity index (χ4v) is 3.36. The summed E-state index contributed by atoms with van der Waals surface area (Å²) in [6, 6.07) is 4.98. The van der Waals surface area contributed by atoms with Gasteiger partial charge in [-0.25, -0.2) is 9.59 Å². The van der Waals surface area contributed by atoms with Gasteiger partial charge in [0.15, 0.2) is 11.5 Å². The van der Waals surface area contributed by atoms with Crippen LogP contribution in [0.4, 0.5) is 10.5 Å². The summed E-state index contributed by atoms with van der Waals surface area (Å²) < 4.78 is 21.2. The number of benzene rings is 1. The second kappa shape index (κ2) is 8.39. The van der Waals surface area contributed by atoms with E-state index in [1.54, 1.807) is 39.0 Å². The monoisotopic (exact) mass is 409 g/mol. The molecule has 0 radical (unpaired) electrons. The van der Waals surface area contributed by atoms with Crippen molar-refractivity contribution in [3.05, 3.63) is 23.1 Å². The van der Waals surface area contributed by atoms with Crippen LogP contribution in [0.3, 0.4) is 0 Å². The van der Waals surface area contributed by atoms with E-state index >= 15 is 0 Å². The lowest BCUT2D eigenvalue weighted by atomic mass is 10.1. The number of carboxylic acid groups (broad SMARTS) is 1. The molecule has 1 aromatic carbocycles. The standard InChI is InChI=1S/C19H23NO7S/c1-19(2,3)27-18(23)20-11-9-14(28-16(11)17(21)22)10-7-12(24-4)15(26-6)13(8-10)25-5/h7-9H,1-6H3,(H,20,23)(H,21,22). The second-order valence-electron chi connectivity index (χ2n) is 6.70. The van der Waals surface area contributed by atoms with Crippen LogP contribution in [0.1, 0.15) is 30.4 Å². The van der Waals surface area contributed by atoms with Gasteiger partial charge in [-0.05, 0) is 44.5 Å². The van der Waals surface area contributed by atoms with Crippen molar-refractivity contribution in [2.75, 3.05) is 26.6 Å². The summed E-state index contributed by atoms with van der Waals surface area (Å²) in [7, 11) is 4.48. The van der Waals surface area contributed by atoms with Crippen LogP contribution in [0.15, 0.2) is 18.2 Å². The number of ether oxygens (including phenoxy) is 4. The summed E-state index contributed by atoms with van der Waals surface area (Å²) in [4.78, 5) is 24.3. The predicted octanol–water partition coefficient (Wildman–Crippen LogP) is 4.49. The third kappa shape index (κ3) is 4.86. The number of aromatic carboxylic acids is 1. The van der Waals surface area contributed by atoms with E-state index in [0.29, 0.717) is 27.7 Å². The number of thiophene rings is 1. The van der Waals surface area contributed by atoms with E-state index in [1.807, 2.05) is 0 Å². The molecule has 28 heavy (non-hydrogen) atoms. The zero-order chi connectivity index (χ0) is 21.1. The van der Waals surface area contributed by atoms with Gasteiger partial charge in [-0.3, -0.25) is 5.32 Å². The van der Waals surface area contributed by atoms with Crippen molar-refractivity contribution in [2.45, 2.75) is 26.4 Å². The molecule has 2 aromatic rings. The molecule has 0 aliphatic heterocycles. The summed E-state index contributed by atoms with van der Waals surface area (Å²) in [5.74, 6) is 0.137. The number of carboxylic acids is 1. The Balaban J connectivity index is 2.47. The number of hydrogen-bond donors (Lipinski definition) is 2. The van der Waals surface area contributed by atoms with Gasteiger partial charge in [0.05, 0.1) is 27.0 Å². The van der Waals surface area contributed by atoms with Gasteiger partial charge < -0.3 is 24.1 Å². The van der Waals surface area contributed by atoms with E-state index in [0.717, 1.165) is 11.3 Å². The number of rotatable bonds is 6. The molecule has 0 atom stereocenters. The Labute approximate surface area is 167 Å². The maximum Gasteiger partial charge on any atom is 0.412 e. The maximum absolute atomic E-state index is 12.1. The van der Waals surface area contributed by atoms with Crippen LogP contribution in [-0.2, 0) is 4.74 Å². The van der Waals surface area contributed by atoms with E-state index in [9.17, 15) is 14.7 Å². The normalized spacial score (nSPS) is 10.9. The molecule has 0 bridgehead atoms. The number of carbonyl (C=O) groups excluding carboxylic acids is 1. The van der Waals surface area contributed by atoms with Gasteiger partial charge in [0, 0.05) is 4.88 Å². The number of amides is 1. The molecule has 1 heterocycles. The van der Waals surface area contributed by atoms with Gasteiger partial charge in [-0.15, -0.1) is 11.3 Å². The smallest absolute Gasteiger partial charge is 0.412 e. The largest absolute Gasteiger partial charge is 0.493 e. The van der Waals surface area contributed by atoms with Gasteiger partial charge in [-0.2, -0.15) is 0 Å². The first-order chi connectivity index (χ1) is 13.1. The van der Waals surface area contributed by atoms with Gasteiger partial charge >= 0.3 is 12.1 Å². The molecule has 152 valence electrons. The van der Waals surface area contributed by atoms with Crippen LogP contribution in [0.25, 0.3) is 10.4 Å². The Hall–Kier alpha value is -2.94. The number of hydrogen-bond acceptors (Lipinski definition) is 7. The molecule has 0 aliphatic carbocycles. The summed E-state index contributed by atoms with van der Waals surface area (Å²) in [5, 5.41) is 12.0. The number of nitrogens with one attached hydrogen (secondary N) is 1. The van der Waals surface area contributed by atoms with Crippen molar-refractivity contribution in [1.29, 1.82) is 0 Å². The average Bonchev–Trinajstić information content (AvgIpc) is 3.02. The average molecular weight is 409 g/mol.